The lowest BCUT2D eigenvalue weighted by Gasteiger charge is -2.19. The Morgan fingerprint density at radius 2 is 2.22 bits per heavy atom. The summed E-state index contributed by atoms with van der Waals surface area (Å²) in [6, 6.07) is 7.88. The Labute approximate surface area is 107 Å². The van der Waals surface area contributed by atoms with Crippen LogP contribution in [0.25, 0.3) is 0 Å². The third kappa shape index (κ3) is 2.62. The van der Waals surface area contributed by atoms with E-state index in [1.54, 1.807) is 17.3 Å². The third-order valence-corrected chi connectivity index (χ3v) is 2.85. The van der Waals surface area contributed by atoms with Gasteiger partial charge in [0, 0.05) is 24.9 Å². The first-order valence-corrected chi connectivity index (χ1v) is 5.94. The molecular formula is C13H18N4O. The number of hydrogen-bond donors (Lipinski definition) is 2. The summed E-state index contributed by atoms with van der Waals surface area (Å²) >= 11 is 0. The van der Waals surface area contributed by atoms with Gasteiger partial charge in [-0.2, -0.15) is 0 Å². The number of nitrogens with one attached hydrogen (secondary N) is 1. The number of hydrazine groups is 1. The topological polar surface area (TPSA) is 67.2 Å². The van der Waals surface area contributed by atoms with Gasteiger partial charge in [-0.25, -0.2) is 5.84 Å². The molecule has 0 aliphatic carbocycles. The van der Waals surface area contributed by atoms with Gasteiger partial charge in [-0.1, -0.05) is 19.1 Å². The molecule has 5 heteroatoms. The van der Waals surface area contributed by atoms with Crippen molar-refractivity contribution < 1.29 is 4.74 Å². The van der Waals surface area contributed by atoms with Gasteiger partial charge in [0.1, 0.15) is 6.61 Å². The fraction of sp³-hybridized carbons (Fsp3) is 0.308. The molecule has 0 radical (unpaired) electrons. The number of anilines is 1. The van der Waals surface area contributed by atoms with E-state index in [1.807, 2.05) is 19.2 Å². The summed E-state index contributed by atoms with van der Waals surface area (Å²) in [4.78, 5) is 0. The lowest BCUT2D eigenvalue weighted by Crippen LogP contribution is -2.27. The van der Waals surface area contributed by atoms with Gasteiger partial charge in [-0.15, -0.1) is 5.10 Å². The van der Waals surface area contributed by atoms with Crippen molar-refractivity contribution in [2.45, 2.75) is 20.0 Å². The Hall–Kier alpha value is -2.01. The second kappa shape index (κ2) is 5.55. The number of nitrogens with zero attached hydrogens (tertiary/aromatic N) is 2. The molecule has 1 heterocycles. The predicted molar refractivity (Wildman–Crippen MR) is 71.3 cm³/mol. The average molecular weight is 246 g/mol. The first-order valence-electron chi connectivity index (χ1n) is 5.94. The number of ether oxygens (including phenoxy) is 1. The monoisotopic (exact) mass is 246 g/mol. The standard InChI is InChI=1S/C13H18N4O/c1-3-10-5-4-6-12(17(2)14)11(10)9-18-13-7-8-15-16-13/h4-8H,3,9,14H2,1-2H3,(H,15,16). The van der Waals surface area contributed by atoms with Gasteiger partial charge in [-0.3, -0.25) is 5.10 Å². The summed E-state index contributed by atoms with van der Waals surface area (Å²) in [5.74, 6) is 6.43. The van der Waals surface area contributed by atoms with Crippen LogP contribution in [0.5, 0.6) is 5.88 Å². The molecule has 1 aromatic heterocycles. The van der Waals surface area contributed by atoms with Crippen LogP contribution >= 0.6 is 0 Å². The van der Waals surface area contributed by atoms with Crippen molar-refractivity contribution in [1.82, 2.24) is 10.2 Å². The minimum absolute atomic E-state index is 0.464. The molecule has 96 valence electrons. The number of aromatic nitrogens is 2. The highest BCUT2D eigenvalue weighted by atomic mass is 16.5. The maximum atomic E-state index is 5.84. The summed E-state index contributed by atoms with van der Waals surface area (Å²) in [5, 5.41) is 8.30. The van der Waals surface area contributed by atoms with Crippen molar-refractivity contribution in [3.05, 3.63) is 41.6 Å². The molecule has 2 aromatic rings. The minimum atomic E-state index is 0.464. The molecule has 3 N–H and O–H groups in total. The molecule has 0 aliphatic heterocycles. The van der Waals surface area contributed by atoms with Gasteiger partial charge in [0.05, 0.1) is 5.69 Å². The molecular weight excluding hydrogens is 228 g/mol. The van der Waals surface area contributed by atoms with Gasteiger partial charge < -0.3 is 9.75 Å². The molecule has 0 aliphatic rings. The molecule has 0 unspecified atom stereocenters. The SMILES string of the molecule is CCc1cccc(N(C)N)c1COc1cc[nH]n1. The molecule has 0 bridgehead atoms. The summed E-state index contributed by atoms with van der Waals surface area (Å²) < 4.78 is 5.64. The van der Waals surface area contributed by atoms with Crippen LogP contribution in [0, 0.1) is 0 Å². The number of aryl methyl sites for hydroxylation is 1. The molecule has 0 amide bonds. The summed E-state index contributed by atoms with van der Waals surface area (Å²) in [6.45, 7) is 2.58. The fourth-order valence-electron chi connectivity index (χ4n) is 1.92. The number of aromatic amines is 1. The van der Waals surface area contributed by atoms with Crippen molar-refractivity contribution in [1.29, 1.82) is 0 Å². The number of hydrogen-bond acceptors (Lipinski definition) is 4. The lowest BCUT2D eigenvalue weighted by atomic mass is 10.0. The second-order valence-electron chi connectivity index (χ2n) is 4.08. The van der Waals surface area contributed by atoms with Gasteiger partial charge in [0.15, 0.2) is 0 Å². The van der Waals surface area contributed by atoms with Crippen molar-refractivity contribution in [3.63, 3.8) is 0 Å². The second-order valence-corrected chi connectivity index (χ2v) is 4.08. The van der Waals surface area contributed by atoms with E-state index in [2.05, 4.69) is 23.2 Å². The number of nitrogens with two attached hydrogens (primary N) is 1. The van der Waals surface area contributed by atoms with Crippen molar-refractivity contribution in [2.24, 2.45) is 5.84 Å². The van der Waals surface area contributed by atoms with E-state index in [-0.39, 0.29) is 0 Å². The van der Waals surface area contributed by atoms with Crippen LogP contribution in [-0.2, 0) is 13.0 Å². The van der Waals surface area contributed by atoms with Gasteiger partial charge in [-0.05, 0) is 18.1 Å². The van der Waals surface area contributed by atoms with Crippen LogP contribution in [0.15, 0.2) is 30.5 Å². The van der Waals surface area contributed by atoms with Crippen LogP contribution < -0.4 is 15.6 Å². The highest BCUT2D eigenvalue weighted by molar-refractivity contribution is 5.55. The maximum absolute atomic E-state index is 5.84. The molecule has 0 spiro atoms. The Kier molecular flexibility index (Phi) is 3.84. The molecule has 0 saturated heterocycles. The molecule has 0 saturated carbocycles. The fourth-order valence-corrected chi connectivity index (χ4v) is 1.92. The highest BCUT2D eigenvalue weighted by Crippen LogP contribution is 2.23. The van der Waals surface area contributed by atoms with Crippen LogP contribution in [0.2, 0.25) is 0 Å². The highest BCUT2D eigenvalue weighted by Gasteiger charge is 2.10. The normalized spacial score (nSPS) is 10.4. The average Bonchev–Trinajstić information content (AvgIpc) is 2.88. The predicted octanol–water partition coefficient (Wildman–Crippen LogP) is 1.86. The Bertz CT molecular complexity index is 494. The summed E-state index contributed by atoms with van der Waals surface area (Å²) in [6.07, 6.45) is 2.68. The molecule has 0 fully saturated rings. The lowest BCUT2D eigenvalue weighted by molar-refractivity contribution is 0.292. The minimum Gasteiger partial charge on any atom is -0.472 e. The quantitative estimate of drug-likeness (QED) is 0.624. The first-order chi connectivity index (χ1) is 8.72. The van der Waals surface area contributed by atoms with Crippen molar-refractivity contribution in [3.8, 4) is 5.88 Å². The van der Waals surface area contributed by atoms with Crippen LogP contribution in [0.4, 0.5) is 5.69 Å². The third-order valence-electron chi connectivity index (χ3n) is 2.85. The number of benzene rings is 1. The smallest absolute Gasteiger partial charge is 0.232 e. The van der Waals surface area contributed by atoms with E-state index in [1.165, 1.54) is 5.56 Å². The van der Waals surface area contributed by atoms with E-state index in [9.17, 15) is 0 Å². The Morgan fingerprint density at radius 1 is 1.39 bits per heavy atom. The number of H-pyrrole nitrogens is 1. The summed E-state index contributed by atoms with van der Waals surface area (Å²) in [5.41, 5.74) is 3.32. The molecule has 18 heavy (non-hydrogen) atoms. The van der Waals surface area contributed by atoms with Crippen LogP contribution in [0.1, 0.15) is 18.1 Å². The van der Waals surface area contributed by atoms with E-state index < -0.39 is 0 Å². The zero-order valence-corrected chi connectivity index (χ0v) is 10.7. The molecule has 1 aromatic carbocycles. The van der Waals surface area contributed by atoms with Crippen molar-refractivity contribution >= 4 is 5.69 Å². The maximum Gasteiger partial charge on any atom is 0.232 e. The van der Waals surface area contributed by atoms with Gasteiger partial charge in [0.25, 0.3) is 0 Å². The number of rotatable bonds is 5. The zero-order valence-electron chi connectivity index (χ0n) is 10.7. The Balaban J connectivity index is 2.23. The zero-order chi connectivity index (χ0) is 13.0. The van der Waals surface area contributed by atoms with Gasteiger partial charge >= 0.3 is 0 Å². The summed E-state index contributed by atoms with van der Waals surface area (Å²) in [7, 11) is 1.83. The van der Waals surface area contributed by atoms with E-state index in [4.69, 9.17) is 10.6 Å². The van der Waals surface area contributed by atoms with Crippen LogP contribution in [0.3, 0.4) is 0 Å². The molecule has 5 nitrogen and oxygen atoms in total. The molecule has 0 atom stereocenters. The van der Waals surface area contributed by atoms with Gasteiger partial charge in [0.2, 0.25) is 5.88 Å². The first kappa shape index (κ1) is 12.4. The molecule has 2 rings (SSSR count). The van der Waals surface area contributed by atoms with E-state index >= 15 is 0 Å². The van der Waals surface area contributed by atoms with E-state index in [0.29, 0.717) is 12.5 Å². The largest absolute Gasteiger partial charge is 0.472 e. The van der Waals surface area contributed by atoms with Crippen molar-refractivity contribution in [2.75, 3.05) is 12.1 Å². The Morgan fingerprint density at radius 3 is 2.83 bits per heavy atom. The van der Waals surface area contributed by atoms with E-state index in [0.717, 1.165) is 17.7 Å². The van der Waals surface area contributed by atoms with Crippen LogP contribution in [-0.4, -0.2) is 17.2 Å².